The lowest BCUT2D eigenvalue weighted by atomic mass is 10.0. The average Bonchev–Trinajstić information content (AvgIpc) is 2.96. The van der Waals surface area contributed by atoms with Crippen LogP contribution in [0.15, 0.2) is 0 Å². The first-order valence-corrected chi connectivity index (χ1v) is 19.2. The molecule has 0 radical (unpaired) electrons. The fourth-order valence-corrected chi connectivity index (χ4v) is 6.10. The van der Waals surface area contributed by atoms with E-state index >= 15 is 0 Å². The van der Waals surface area contributed by atoms with Gasteiger partial charge in [-0.2, -0.15) is 5.06 Å². The Kier molecular flexibility index (Phi) is 36.9. The number of rotatable bonds is 36. The van der Waals surface area contributed by atoms with Gasteiger partial charge in [0.25, 0.3) is 0 Å². The molecular formula is C38H79NO. The van der Waals surface area contributed by atoms with Gasteiger partial charge in [0, 0.05) is 13.1 Å². The lowest BCUT2D eigenvalue weighted by molar-refractivity contribution is -0.155. The quantitative estimate of drug-likeness (QED) is 0.0553. The predicted octanol–water partition coefficient (Wildman–Crippen LogP) is 13.8. The van der Waals surface area contributed by atoms with E-state index in [-0.39, 0.29) is 0 Å². The highest BCUT2D eigenvalue weighted by Gasteiger charge is 2.04. The molecule has 0 bridgehead atoms. The molecule has 2 nitrogen and oxygen atoms in total. The van der Waals surface area contributed by atoms with Gasteiger partial charge in [0.15, 0.2) is 0 Å². The summed E-state index contributed by atoms with van der Waals surface area (Å²) in [5, 5.41) is 2.27. The SMILES string of the molecule is CCCCCCCCCCCCCCCCCCN(CCCCCCCCCCCCCCCCCC)OCC. The van der Waals surface area contributed by atoms with Gasteiger partial charge in [0.2, 0.25) is 0 Å². The summed E-state index contributed by atoms with van der Waals surface area (Å²) in [7, 11) is 0. The number of hydroxylamine groups is 2. The maximum absolute atomic E-state index is 5.92. The lowest BCUT2D eigenvalue weighted by Crippen LogP contribution is -2.26. The van der Waals surface area contributed by atoms with Crippen molar-refractivity contribution in [2.75, 3.05) is 19.7 Å². The van der Waals surface area contributed by atoms with E-state index in [4.69, 9.17) is 4.84 Å². The van der Waals surface area contributed by atoms with Crippen molar-refractivity contribution in [2.24, 2.45) is 0 Å². The van der Waals surface area contributed by atoms with Gasteiger partial charge in [-0.05, 0) is 19.8 Å². The van der Waals surface area contributed by atoms with Crippen molar-refractivity contribution < 1.29 is 4.84 Å². The standard InChI is InChI=1S/C38H79NO/c1-4-7-9-11-13-15-17-19-21-23-25-27-29-31-33-35-37-39(40-6-3)38-36-34-32-30-28-26-24-22-20-18-16-14-12-10-8-5-2/h4-38H2,1-3H3. The molecule has 0 aliphatic rings. The van der Waals surface area contributed by atoms with Crippen LogP contribution in [-0.4, -0.2) is 24.8 Å². The van der Waals surface area contributed by atoms with Gasteiger partial charge in [-0.3, -0.25) is 4.84 Å². The van der Waals surface area contributed by atoms with E-state index < -0.39 is 0 Å². The van der Waals surface area contributed by atoms with Crippen LogP contribution in [0.1, 0.15) is 226 Å². The van der Waals surface area contributed by atoms with E-state index in [9.17, 15) is 0 Å². The van der Waals surface area contributed by atoms with Crippen molar-refractivity contribution in [3.05, 3.63) is 0 Å². The molecule has 0 aliphatic heterocycles. The summed E-state index contributed by atoms with van der Waals surface area (Å²) < 4.78 is 0. The van der Waals surface area contributed by atoms with Gasteiger partial charge < -0.3 is 0 Å². The second-order valence-electron chi connectivity index (χ2n) is 13.0. The average molecular weight is 566 g/mol. The van der Waals surface area contributed by atoms with Gasteiger partial charge in [0.1, 0.15) is 0 Å². The zero-order valence-corrected chi connectivity index (χ0v) is 28.6. The molecule has 0 aliphatic carbocycles. The largest absolute Gasteiger partial charge is 0.299 e. The predicted molar refractivity (Wildman–Crippen MR) is 182 cm³/mol. The maximum atomic E-state index is 5.92. The maximum Gasteiger partial charge on any atom is 0.0656 e. The highest BCUT2D eigenvalue weighted by molar-refractivity contribution is 4.54. The van der Waals surface area contributed by atoms with Crippen LogP contribution < -0.4 is 0 Å². The van der Waals surface area contributed by atoms with Crippen LogP contribution in [0.5, 0.6) is 0 Å². The molecule has 0 heterocycles. The molecule has 0 spiro atoms. The zero-order valence-electron chi connectivity index (χ0n) is 28.6. The fourth-order valence-electron chi connectivity index (χ4n) is 6.10. The first-order chi connectivity index (χ1) is 19.8. The van der Waals surface area contributed by atoms with Crippen LogP contribution in [0.25, 0.3) is 0 Å². The Bertz CT molecular complexity index is 390. The molecule has 242 valence electrons. The van der Waals surface area contributed by atoms with Crippen LogP contribution >= 0.6 is 0 Å². The topological polar surface area (TPSA) is 12.5 Å². The molecule has 0 unspecified atom stereocenters. The van der Waals surface area contributed by atoms with Crippen molar-refractivity contribution in [2.45, 2.75) is 226 Å². The number of nitrogens with zero attached hydrogens (tertiary/aromatic N) is 1. The van der Waals surface area contributed by atoms with Gasteiger partial charge in [0.05, 0.1) is 6.61 Å². The summed E-state index contributed by atoms with van der Waals surface area (Å²) >= 11 is 0. The van der Waals surface area contributed by atoms with Crippen LogP contribution in [-0.2, 0) is 4.84 Å². The molecule has 0 aromatic rings. The van der Waals surface area contributed by atoms with E-state index in [1.165, 1.54) is 205 Å². The third kappa shape index (κ3) is 34.1. The van der Waals surface area contributed by atoms with Crippen molar-refractivity contribution in [3.8, 4) is 0 Å². The Labute approximate surface area is 255 Å². The zero-order chi connectivity index (χ0) is 29.0. The van der Waals surface area contributed by atoms with E-state index in [0.29, 0.717) is 0 Å². The van der Waals surface area contributed by atoms with Crippen molar-refractivity contribution in [1.29, 1.82) is 0 Å². The minimum atomic E-state index is 0.817. The minimum Gasteiger partial charge on any atom is -0.299 e. The highest BCUT2D eigenvalue weighted by Crippen LogP contribution is 2.16. The summed E-state index contributed by atoms with van der Waals surface area (Å²) in [5.41, 5.74) is 0. The third-order valence-corrected chi connectivity index (χ3v) is 8.83. The molecule has 0 N–H and O–H groups in total. The smallest absolute Gasteiger partial charge is 0.0656 e. The molecule has 40 heavy (non-hydrogen) atoms. The summed E-state index contributed by atoms with van der Waals surface area (Å²) in [6.45, 7) is 9.82. The Morgan fingerprint density at radius 1 is 0.275 bits per heavy atom. The first-order valence-electron chi connectivity index (χ1n) is 19.2. The number of hydrogen-bond acceptors (Lipinski definition) is 2. The summed E-state index contributed by atoms with van der Waals surface area (Å²) in [6.07, 6.45) is 46.0. The number of hydrogen-bond donors (Lipinski definition) is 0. The Hall–Kier alpha value is -0.0800. The molecular weight excluding hydrogens is 486 g/mol. The van der Waals surface area contributed by atoms with Crippen LogP contribution in [0, 0.1) is 0 Å². The Morgan fingerprint density at radius 3 is 0.675 bits per heavy atom. The van der Waals surface area contributed by atoms with Crippen molar-refractivity contribution >= 4 is 0 Å². The monoisotopic (exact) mass is 566 g/mol. The molecule has 0 saturated carbocycles. The molecule has 0 aromatic heterocycles. The van der Waals surface area contributed by atoms with E-state index in [0.717, 1.165) is 19.7 Å². The van der Waals surface area contributed by atoms with Gasteiger partial charge >= 0.3 is 0 Å². The van der Waals surface area contributed by atoms with Crippen LogP contribution in [0.3, 0.4) is 0 Å². The summed E-state index contributed by atoms with van der Waals surface area (Å²) in [5.74, 6) is 0. The van der Waals surface area contributed by atoms with Gasteiger partial charge in [-0.15, -0.1) is 0 Å². The Balaban J connectivity index is 3.35. The normalized spacial score (nSPS) is 11.7. The van der Waals surface area contributed by atoms with E-state index in [1.54, 1.807) is 0 Å². The van der Waals surface area contributed by atoms with Crippen LogP contribution in [0.4, 0.5) is 0 Å². The summed E-state index contributed by atoms with van der Waals surface area (Å²) in [4.78, 5) is 5.92. The molecule has 0 saturated heterocycles. The second-order valence-corrected chi connectivity index (χ2v) is 13.0. The molecule has 2 heteroatoms. The molecule has 0 atom stereocenters. The minimum absolute atomic E-state index is 0.817. The van der Waals surface area contributed by atoms with Crippen molar-refractivity contribution in [3.63, 3.8) is 0 Å². The third-order valence-electron chi connectivity index (χ3n) is 8.83. The van der Waals surface area contributed by atoms with Gasteiger partial charge in [-0.1, -0.05) is 206 Å². The molecule has 0 aromatic carbocycles. The first kappa shape index (κ1) is 39.9. The molecule has 0 fully saturated rings. The van der Waals surface area contributed by atoms with E-state index in [1.807, 2.05) is 0 Å². The second kappa shape index (κ2) is 36.9. The van der Waals surface area contributed by atoms with Crippen LogP contribution in [0.2, 0.25) is 0 Å². The lowest BCUT2D eigenvalue weighted by Gasteiger charge is -2.21. The highest BCUT2D eigenvalue weighted by atomic mass is 16.7. The Morgan fingerprint density at radius 2 is 0.475 bits per heavy atom. The van der Waals surface area contributed by atoms with Gasteiger partial charge in [-0.25, -0.2) is 0 Å². The number of unbranched alkanes of at least 4 members (excludes halogenated alkanes) is 30. The fraction of sp³-hybridized carbons (Fsp3) is 1.00. The molecule has 0 amide bonds. The summed E-state index contributed by atoms with van der Waals surface area (Å²) in [6, 6.07) is 0. The van der Waals surface area contributed by atoms with E-state index in [2.05, 4.69) is 25.8 Å². The van der Waals surface area contributed by atoms with Crippen molar-refractivity contribution in [1.82, 2.24) is 5.06 Å². The molecule has 0 rings (SSSR count).